The van der Waals surface area contributed by atoms with Crippen LogP contribution in [0.1, 0.15) is 22.5 Å². The standard InChI is InChI=1S/C17H19F3N4O3S/c1-10-15(11(2)23(3)21-10)22-28(26,27)14-5-4-12-6-7-24(9-13(12)8-14)16(25)17(18,19)20/h4-5,8,22H,6-7,9H2,1-3H3. The molecule has 1 aromatic carbocycles. The highest BCUT2D eigenvalue weighted by molar-refractivity contribution is 7.92. The fraction of sp³-hybridized carbons (Fsp3) is 0.412. The Labute approximate surface area is 160 Å². The highest BCUT2D eigenvalue weighted by atomic mass is 32.2. The number of hydrogen-bond donors (Lipinski definition) is 1. The largest absolute Gasteiger partial charge is 0.471 e. The van der Waals surface area contributed by atoms with E-state index in [2.05, 4.69) is 9.82 Å². The van der Waals surface area contributed by atoms with Gasteiger partial charge in [-0.3, -0.25) is 14.2 Å². The summed E-state index contributed by atoms with van der Waals surface area (Å²) < 4.78 is 67.6. The van der Waals surface area contributed by atoms with Crippen molar-refractivity contribution in [2.75, 3.05) is 11.3 Å². The van der Waals surface area contributed by atoms with Gasteiger partial charge in [0.2, 0.25) is 0 Å². The van der Waals surface area contributed by atoms with Gasteiger partial charge in [0.15, 0.2) is 0 Å². The second-order valence-corrected chi connectivity index (χ2v) is 8.36. The van der Waals surface area contributed by atoms with Crippen molar-refractivity contribution < 1.29 is 26.4 Å². The minimum Gasteiger partial charge on any atom is -0.330 e. The number of hydrogen-bond acceptors (Lipinski definition) is 4. The normalized spacial score (nSPS) is 14.7. The predicted molar refractivity (Wildman–Crippen MR) is 95.1 cm³/mol. The van der Waals surface area contributed by atoms with Gasteiger partial charge in [-0.25, -0.2) is 8.42 Å². The average molecular weight is 416 g/mol. The lowest BCUT2D eigenvalue weighted by atomic mass is 10.00. The number of amides is 1. The number of sulfonamides is 1. The molecule has 0 radical (unpaired) electrons. The van der Waals surface area contributed by atoms with E-state index in [9.17, 15) is 26.4 Å². The number of anilines is 1. The molecule has 11 heteroatoms. The van der Waals surface area contributed by atoms with Gasteiger partial charge in [-0.15, -0.1) is 0 Å². The van der Waals surface area contributed by atoms with Crippen LogP contribution in [0.25, 0.3) is 0 Å². The number of aryl methyl sites for hydroxylation is 2. The summed E-state index contributed by atoms with van der Waals surface area (Å²) >= 11 is 0. The zero-order valence-corrected chi connectivity index (χ0v) is 16.3. The highest BCUT2D eigenvalue weighted by Crippen LogP contribution is 2.28. The Morgan fingerprint density at radius 2 is 1.89 bits per heavy atom. The summed E-state index contributed by atoms with van der Waals surface area (Å²) in [6.07, 6.45) is -4.73. The Morgan fingerprint density at radius 3 is 2.46 bits per heavy atom. The molecule has 1 aromatic heterocycles. The number of alkyl halides is 3. The quantitative estimate of drug-likeness (QED) is 0.832. The number of halogens is 3. The topological polar surface area (TPSA) is 84.3 Å². The van der Waals surface area contributed by atoms with Crippen LogP contribution in [0.5, 0.6) is 0 Å². The molecule has 0 bridgehead atoms. The third-order valence-electron chi connectivity index (χ3n) is 4.78. The Kier molecular flexibility index (Phi) is 4.90. The zero-order chi connectivity index (χ0) is 20.9. The van der Waals surface area contributed by atoms with Crippen LogP contribution < -0.4 is 4.72 Å². The van der Waals surface area contributed by atoms with E-state index in [-0.39, 0.29) is 24.4 Å². The van der Waals surface area contributed by atoms with Gasteiger partial charge in [0.05, 0.1) is 22.0 Å². The lowest BCUT2D eigenvalue weighted by Crippen LogP contribution is -2.43. The number of benzene rings is 1. The first-order valence-corrected chi connectivity index (χ1v) is 9.89. The second-order valence-electron chi connectivity index (χ2n) is 6.68. The molecule has 7 nitrogen and oxygen atoms in total. The van der Waals surface area contributed by atoms with Crippen molar-refractivity contribution in [3.8, 4) is 0 Å². The summed E-state index contributed by atoms with van der Waals surface area (Å²) in [6, 6.07) is 4.29. The molecule has 0 aliphatic carbocycles. The summed E-state index contributed by atoms with van der Waals surface area (Å²) in [4.78, 5) is 12.1. The number of nitrogens with one attached hydrogen (secondary N) is 1. The van der Waals surface area contributed by atoms with Crippen molar-refractivity contribution in [3.63, 3.8) is 0 Å². The molecule has 0 saturated carbocycles. The Bertz CT molecular complexity index is 1040. The smallest absolute Gasteiger partial charge is 0.330 e. The van der Waals surface area contributed by atoms with Crippen LogP contribution in [-0.4, -0.2) is 41.7 Å². The zero-order valence-electron chi connectivity index (χ0n) is 15.5. The summed E-state index contributed by atoms with van der Waals surface area (Å²) in [6.45, 7) is 3.02. The second kappa shape index (κ2) is 6.80. The summed E-state index contributed by atoms with van der Waals surface area (Å²) in [5.74, 6) is -1.92. The van der Waals surface area contributed by atoms with Crippen LogP contribution in [0, 0.1) is 13.8 Å². The molecule has 0 atom stereocenters. The van der Waals surface area contributed by atoms with E-state index in [1.54, 1.807) is 31.6 Å². The Balaban J connectivity index is 1.90. The molecule has 1 aliphatic heterocycles. The molecule has 28 heavy (non-hydrogen) atoms. The van der Waals surface area contributed by atoms with E-state index >= 15 is 0 Å². The fourth-order valence-electron chi connectivity index (χ4n) is 3.17. The van der Waals surface area contributed by atoms with Gasteiger partial charge in [-0.1, -0.05) is 6.07 Å². The van der Waals surface area contributed by atoms with Gasteiger partial charge in [-0.05, 0) is 43.5 Å². The van der Waals surface area contributed by atoms with Gasteiger partial charge >= 0.3 is 12.1 Å². The fourth-order valence-corrected chi connectivity index (χ4v) is 4.39. The van der Waals surface area contributed by atoms with Gasteiger partial charge in [-0.2, -0.15) is 18.3 Å². The summed E-state index contributed by atoms with van der Waals surface area (Å²) in [7, 11) is -2.29. The molecule has 0 spiro atoms. The first kappa shape index (κ1) is 20.2. The SMILES string of the molecule is Cc1nn(C)c(C)c1NS(=O)(=O)c1ccc2c(c1)CN(C(=O)C(F)(F)F)CC2. The van der Waals surface area contributed by atoms with E-state index in [1.807, 2.05) is 0 Å². The Morgan fingerprint density at radius 1 is 1.21 bits per heavy atom. The van der Waals surface area contributed by atoms with Crippen LogP contribution in [0.4, 0.5) is 18.9 Å². The van der Waals surface area contributed by atoms with Crippen LogP contribution in [0.2, 0.25) is 0 Å². The lowest BCUT2D eigenvalue weighted by molar-refractivity contribution is -0.186. The number of carbonyl (C=O) groups excluding carboxylic acids is 1. The van der Waals surface area contributed by atoms with Gasteiger partial charge in [0.1, 0.15) is 0 Å². The third kappa shape index (κ3) is 3.71. The van der Waals surface area contributed by atoms with E-state index in [1.165, 1.54) is 12.1 Å². The van der Waals surface area contributed by atoms with Crippen LogP contribution in [0.15, 0.2) is 23.1 Å². The van der Waals surface area contributed by atoms with Gasteiger partial charge in [0, 0.05) is 20.1 Å². The Hall–Kier alpha value is -2.56. The van der Waals surface area contributed by atoms with E-state index in [0.29, 0.717) is 27.5 Å². The molecule has 0 saturated heterocycles. The summed E-state index contributed by atoms with van der Waals surface area (Å²) in [5.41, 5.74) is 2.59. The monoisotopic (exact) mass is 416 g/mol. The van der Waals surface area contributed by atoms with Crippen molar-refractivity contribution >= 4 is 21.6 Å². The van der Waals surface area contributed by atoms with Crippen molar-refractivity contribution in [3.05, 3.63) is 40.7 Å². The lowest BCUT2D eigenvalue weighted by Gasteiger charge is -2.29. The number of carbonyl (C=O) groups is 1. The first-order valence-electron chi connectivity index (χ1n) is 8.41. The maximum Gasteiger partial charge on any atom is 0.471 e. The van der Waals surface area contributed by atoms with Crippen LogP contribution in [-0.2, 0) is 34.8 Å². The number of fused-ring (bicyclic) bond motifs is 1. The van der Waals surface area contributed by atoms with Crippen molar-refractivity contribution in [2.24, 2.45) is 7.05 Å². The minimum absolute atomic E-state index is 0.0657. The van der Waals surface area contributed by atoms with Gasteiger partial charge in [0.25, 0.3) is 10.0 Å². The van der Waals surface area contributed by atoms with Crippen molar-refractivity contribution in [1.82, 2.24) is 14.7 Å². The van der Waals surface area contributed by atoms with E-state index in [0.717, 1.165) is 5.56 Å². The van der Waals surface area contributed by atoms with Gasteiger partial charge < -0.3 is 4.90 Å². The van der Waals surface area contributed by atoms with Crippen LogP contribution in [0.3, 0.4) is 0 Å². The molecule has 3 rings (SSSR count). The molecule has 1 aliphatic rings. The maximum absolute atomic E-state index is 12.8. The molecular formula is C17H19F3N4O3S. The predicted octanol–water partition coefficient (Wildman–Crippen LogP) is 2.28. The molecule has 2 heterocycles. The molecule has 1 amide bonds. The molecule has 0 fully saturated rings. The number of nitrogens with zero attached hydrogens (tertiary/aromatic N) is 3. The average Bonchev–Trinajstić information content (AvgIpc) is 2.85. The highest BCUT2D eigenvalue weighted by Gasteiger charge is 2.43. The third-order valence-corrected chi connectivity index (χ3v) is 6.12. The molecular weight excluding hydrogens is 397 g/mol. The minimum atomic E-state index is -4.96. The molecule has 152 valence electrons. The first-order chi connectivity index (χ1) is 12.9. The molecule has 1 N–H and O–H groups in total. The molecule has 0 unspecified atom stereocenters. The molecule has 2 aromatic rings. The van der Waals surface area contributed by atoms with Crippen molar-refractivity contribution in [2.45, 2.75) is 37.9 Å². The van der Waals surface area contributed by atoms with E-state index in [4.69, 9.17) is 0 Å². The number of rotatable bonds is 3. The van der Waals surface area contributed by atoms with E-state index < -0.39 is 22.1 Å². The van der Waals surface area contributed by atoms with Crippen molar-refractivity contribution in [1.29, 1.82) is 0 Å². The van der Waals surface area contributed by atoms with Crippen LogP contribution >= 0.6 is 0 Å². The number of aromatic nitrogens is 2. The summed E-state index contributed by atoms with van der Waals surface area (Å²) in [5, 5.41) is 4.15. The maximum atomic E-state index is 12.8.